The van der Waals surface area contributed by atoms with E-state index in [4.69, 9.17) is 10.7 Å². The summed E-state index contributed by atoms with van der Waals surface area (Å²) >= 11 is 0. The molecule has 4 nitrogen and oxygen atoms in total. The van der Waals surface area contributed by atoms with Crippen molar-refractivity contribution < 1.29 is 21.6 Å². The van der Waals surface area contributed by atoms with E-state index in [2.05, 4.69) is 5.10 Å². The summed E-state index contributed by atoms with van der Waals surface area (Å²) in [7, 11) is 0.946. The maximum absolute atomic E-state index is 12.3. The van der Waals surface area contributed by atoms with Gasteiger partial charge >= 0.3 is 6.18 Å². The highest BCUT2D eigenvalue weighted by atomic mass is 35.7. The van der Waals surface area contributed by atoms with E-state index in [0.717, 1.165) is 0 Å². The molecule has 0 unspecified atom stereocenters. The number of hydrogen-bond donors (Lipinski definition) is 0. The van der Waals surface area contributed by atoms with Crippen LogP contribution in [0.15, 0.2) is 29.3 Å². The Bertz CT molecular complexity index is 693. The molecular weight excluding hydrogens is 293 g/mol. The lowest BCUT2D eigenvalue weighted by Crippen LogP contribution is -2.18. The Kier molecular flexibility index (Phi) is 3.02. The summed E-state index contributed by atoms with van der Waals surface area (Å²) in [5.41, 5.74) is 0.0639. The van der Waals surface area contributed by atoms with E-state index < -0.39 is 26.8 Å². The second-order valence-electron chi connectivity index (χ2n) is 3.53. The Morgan fingerprint density at radius 1 is 1.28 bits per heavy atom. The summed E-state index contributed by atoms with van der Waals surface area (Å²) in [6.45, 7) is -1.38. The minimum atomic E-state index is -4.50. The van der Waals surface area contributed by atoms with Gasteiger partial charge in [0.15, 0.2) is 5.03 Å². The van der Waals surface area contributed by atoms with Crippen LogP contribution < -0.4 is 0 Å². The molecule has 0 saturated heterocycles. The molecule has 0 N–H and O–H groups in total. The second kappa shape index (κ2) is 4.13. The van der Waals surface area contributed by atoms with Gasteiger partial charge < -0.3 is 0 Å². The van der Waals surface area contributed by atoms with Gasteiger partial charge in [-0.25, -0.2) is 8.42 Å². The van der Waals surface area contributed by atoms with Crippen molar-refractivity contribution in [3.63, 3.8) is 0 Å². The Labute approximate surface area is 104 Å². The molecule has 0 saturated carbocycles. The summed E-state index contributed by atoms with van der Waals surface area (Å²) in [6.07, 6.45) is -4.50. The largest absolute Gasteiger partial charge is 0.408 e. The summed E-state index contributed by atoms with van der Waals surface area (Å²) < 4.78 is 60.0. The van der Waals surface area contributed by atoms with E-state index in [9.17, 15) is 21.6 Å². The van der Waals surface area contributed by atoms with Gasteiger partial charge in [0.2, 0.25) is 0 Å². The first-order chi connectivity index (χ1) is 8.18. The van der Waals surface area contributed by atoms with Gasteiger partial charge in [-0.1, -0.05) is 12.1 Å². The fourth-order valence-corrected chi connectivity index (χ4v) is 2.54. The smallest absolute Gasteiger partial charge is 0.254 e. The van der Waals surface area contributed by atoms with Crippen LogP contribution in [0.1, 0.15) is 0 Å². The number of rotatable bonds is 2. The molecular formula is C9H6ClF3N2O2S. The van der Waals surface area contributed by atoms with Crippen LogP contribution in [-0.4, -0.2) is 24.4 Å². The van der Waals surface area contributed by atoms with Crippen LogP contribution in [0.3, 0.4) is 0 Å². The standard InChI is InChI=1S/C9H6ClF3N2O2S/c10-18(16,17)8-6-3-1-2-4-7(6)15(14-8)5-9(11,12)13/h1-4H,5H2. The molecule has 0 aliphatic rings. The van der Waals surface area contributed by atoms with E-state index in [1.807, 2.05) is 0 Å². The van der Waals surface area contributed by atoms with Crippen LogP contribution in [0, 0.1) is 0 Å². The molecule has 1 aromatic heterocycles. The molecule has 0 bridgehead atoms. The van der Waals surface area contributed by atoms with Crippen molar-refractivity contribution in [1.29, 1.82) is 0 Å². The number of benzene rings is 1. The molecule has 0 aliphatic carbocycles. The predicted molar refractivity (Wildman–Crippen MR) is 58.8 cm³/mol. The third kappa shape index (κ3) is 2.59. The molecule has 0 radical (unpaired) electrons. The third-order valence-corrected chi connectivity index (χ3v) is 3.39. The minimum Gasteiger partial charge on any atom is -0.254 e. The van der Waals surface area contributed by atoms with Crippen LogP contribution in [-0.2, 0) is 15.6 Å². The second-order valence-corrected chi connectivity index (χ2v) is 6.01. The molecule has 9 heteroatoms. The Hall–Kier alpha value is -1.28. The lowest BCUT2D eigenvalue weighted by molar-refractivity contribution is -0.142. The monoisotopic (exact) mass is 298 g/mol. The van der Waals surface area contributed by atoms with Crippen molar-refractivity contribution in [2.45, 2.75) is 17.7 Å². The first-order valence-electron chi connectivity index (χ1n) is 4.65. The van der Waals surface area contributed by atoms with Crippen molar-refractivity contribution in [3.05, 3.63) is 24.3 Å². The van der Waals surface area contributed by atoms with Gasteiger partial charge in [0.1, 0.15) is 6.54 Å². The fourth-order valence-electron chi connectivity index (χ4n) is 1.57. The number of alkyl halides is 3. The van der Waals surface area contributed by atoms with Gasteiger partial charge in [0.05, 0.1) is 5.52 Å². The third-order valence-electron chi connectivity index (χ3n) is 2.18. The van der Waals surface area contributed by atoms with E-state index in [1.54, 1.807) is 0 Å². The highest BCUT2D eigenvalue weighted by Gasteiger charge is 2.31. The molecule has 1 heterocycles. The van der Waals surface area contributed by atoms with E-state index in [-0.39, 0.29) is 10.9 Å². The molecule has 2 rings (SSSR count). The number of para-hydroxylation sites is 1. The van der Waals surface area contributed by atoms with Crippen LogP contribution in [0.5, 0.6) is 0 Å². The average Bonchev–Trinajstić information content (AvgIpc) is 2.55. The minimum absolute atomic E-state index is 0.0639. The van der Waals surface area contributed by atoms with Crippen LogP contribution in [0.2, 0.25) is 0 Å². The summed E-state index contributed by atoms with van der Waals surface area (Å²) in [4.78, 5) is 0. The van der Waals surface area contributed by atoms with Gasteiger partial charge in [-0.15, -0.1) is 0 Å². The van der Waals surface area contributed by atoms with Crippen molar-refractivity contribution in [2.24, 2.45) is 0 Å². The summed E-state index contributed by atoms with van der Waals surface area (Å²) in [5, 5.41) is 2.92. The van der Waals surface area contributed by atoms with Crippen molar-refractivity contribution in [2.75, 3.05) is 0 Å². The molecule has 0 amide bonds. The predicted octanol–water partition coefficient (Wildman–Crippen LogP) is 2.53. The lowest BCUT2D eigenvalue weighted by Gasteiger charge is -2.06. The zero-order valence-electron chi connectivity index (χ0n) is 8.65. The van der Waals surface area contributed by atoms with Gasteiger partial charge in [-0.05, 0) is 12.1 Å². The van der Waals surface area contributed by atoms with Crippen LogP contribution >= 0.6 is 10.7 Å². The Morgan fingerprint density at radius 2 is 1.89 bits per heavy atom. The van der Waals surface area contributed by atoms with Gasteiger partial charge in [0.25, 0.3) is 9.05 Å². The molecule has 2 aromatic rings. The highest BCUT2D eigenvalue weighted by Crippen LogP contribution is 2.27. The van der Waals surface area contributed by atoms with Gasteiger partial charge in [0, 0.05) is 16.1 Å². The number of fused-ring (bicyclic) bond motifs is 1. The molecule has 1 aromatic carbocycles. The number of hydrogen-bond acceptors (Lipinski definition) is 3. The zero-order valence-corrected chi connectivity index (χ0v) is 10.2. The van der Waals surface area contributed by atoms with E-state index >= 15 is 0 Å². The van der Waals surface area contributed by atoms with Crippen LogP contribution in [0.4, 0.5) is 13.2 Å². The Morgan fingerprint density at radius 3 is 2.44 bits per heavy atom. The van der Waals surface area contributed by atoms with Crippen molar-refractivity contribution >= 4 is 30.6 Å². The molecule has 0 atom stereocenters. The quantitative estimate of drug-likeness (QED) is 0.801. The topological polar surface area (TPSA) is 52.0 Å². The molecule has 0 spiro atoms. The number of aromatic nitrogens is 2. The van der Waals surface area contributed by atoms with Gasteiger partial charge in [-0.3, -0.25) is 4.68 Å². The number of halogens is 4. The highest BCUT2D eigenvalue weighted by molar-refractivity contribution is 8.13. The number of nitrogens with zero attached hydrogens (tertiary/aromatic N) is 2. The SMILES string of the molecule is O=S(=O)(Cl)c1nn(CC(F)(F)F)c2ccccc12. The lowest BCUT2D eigenvalue weighted by atomic mass is 10.2. The van der Waals surface area contributed by atoms with Gasteiger partial charge in [-0.2, -0.15) is 18.3 Å². The van der Waals surface area contributed by atoms with E-state index in [1.165, 1.54) is 24.3 Å². The Balaban J connectivity index is 2.70. The maximum Gasteiger partial charge on any atom is 0.408 e. The van der Waals surface area contributed by atoms with Crippen molar-refractivity contribution in [1.82, 2.24) is 9.78 Å². The average molecular weight is 299 g/mol. The molecule has 0 fully saturated rings. The molecule has 98 valence electrons. The first-order valence-corrected chi connectivity index (χ1v) is 6.96. The summed E-state index contributed by atoms with van der Waals surface area (Å²) in [6, 6.07) is 5.68. The van der Waals surface area contributed by atoms with E-state index in [0.29, 0.717) is 4.68 Å². The molecule has 18 heavy (non-hydrogen) atoms. The fraction of sp³-hybridized carbons (Fsp3) is 0.222. The normalized spacial score (nSPS) is 13.1. The van der Waals surface area contributed by atoms with Crippen molar-refractivity contribution in [3.8, 4) is 0 Å². The first kappa shape index (κ1) is 13.2. The summed E-state index contributed by atoms with van der Waals surface area (Å²) in [5.74, 6) is 0. The maximum atomic E-state index is 12.3. The zero-order chi connectivity index (χ0) is 13.6. The molecule has 0 aliphatic heterocycles. The van der Waals surface area contributed by atoms with Crippen LogP contribution in [0.25, 0.3) is 10.9 Å².